The van der Waals surface area contributed by atoms with E-state index in [4.69, 9.17) is 14.5 Å². The second-order valence-corrected chi connectivity index (χ2v) is 8.00. The first-order valence-corrected chi connectivity index (χ1v) is 11.3. The van der Waals surface area contributed by atoms with Crippen LogP contribution < -0.4 is 10.1 Å². The number of benzene rings is 2. The summed E-state index contributed by atoms with van der Waals surface area (Å²) >= 11 is 0. The number of rotatable bonds is 8. The lowest BCUT2D eigenvalue weighted by molar-refractivity contribution is 0.0322. The number of pyridine rings is 1. The van der Waals surface area contributed by atoms with Crippen LogP contribution in [-0.2, 0) is 17.8 Å². The van der Waals surface area contributed by atoms with Crippen molar-refractivity contribution in [3.8, 4) is 5.75 Å². The number of morpholine rings is 1. The van der Waals surface area contributed by atoms with Crippen LogP contribution in [0.2, 0.25) is 0 Å². The summed E-state index contributed by atoms with van der Waals surface area (Å²) in [5, 5.41) is 10.3. The van der Waals surface area contributed by atoms with E-state index in [9.17, 15) is 0 Å². The van der Waals surface area contributed by atoms with Crippen LogP contribution in [-0.4, -0.2) is 59.1 Å². The van der Waals surface area contributed by atoms with Gasteiger partial charge in [0.2, 0.25) is 0 Å². The van der Waals surface area contributed by atoms with E-state index in [0.717, 1.165) is 72.8 Å². The molecule has 0 aliphatic carbocycles. The second kappa shape index (κ2) is 9.54. The van der Waals surface area contributed by atoms with Crippen molar-refractivity contribution in [1.29, 1.82) is 0 Å². The molecular weight excluding hydrogens is 402 g/mol. The summed E-state index contributed by atoms with van der Waals surface area (Å²) in [5.41, 5.74) is 4.16. The van der Waals surface area contributed by atoms with Gasteiger partial charge in [-0.25, -0.2) is 9.67 Å². The standard InChI is InChI=1S/C25H29N5O2/c1-2-30-25-22(18-27-30)24(21-5-3-4-6-23(21)28-25)26-17-19-7-9-20(10-8-19)32-16-13-29-11-14-31-15-12-29/h3-10,18H,2,11-17H2,1H3,(H,26,28). The third kappa shape index (κ3) is 4.40. The number of anilines is 1. The summed E-state index contributed by atoms with van der Waals surface area (Å²) in [4.78, 5) is 7.21. The van der Waals surface area contributed by atoms with E-state index in [0.29, 0.717) is 13.2 Å². The summed E-state index contributed by atoms with van der Waals surface area (Å²) in [7, 11) is 0. The van der Waals surface area contributed by atoms with Crippen LogP contribution in [0.3, 0.4) is 0 Å². The Morgan fingerprint density at radius 3 is 2.66 bits per heavy atom. The van der Waals surface area contributed by atoms with E-state index in [1.807, 2.05) is 35.1 Å². The summed E-state index contributed by atoms with van der Waals surface area (Å²) in [6, 6.07) is 16.6. The third-order valence-corrected chi connectivity index (χ3v) is 5.95. The van der Waals surface area contributed by atoms with Crippen molar-refractivity contribution < 1.29 is 9.47 Å². The first-order valence-electron chi connectivity index (χ1n) is 11.3. The van der Waals surface area contributed by atoms with Crippen molar-refractivity contribution in [2.45, 2.75) is 20.0 Å². The number of nitrogens with one attached hydrogen (secondary N) is 1. The molecule has 1 aliphatic rings. The van der Waals surface area contributed by atoms with Crippen molar-refractivity contribution in [2.24, 2.45) is 0 Å². The topological polar surface area (TPSA) is 64.4 Å². The minimum absolute atomic E-state index is 0.694. The highest BCUT2D eigenvalue weighted by atomic mass is 16.5. The minimum atomic E-state index is 0.694. The van der Waals surface area contributed by atoms with Crippen LogP contribution in [0.4, 0.5) is 5.69 Å². The summed E-state index contributed by atoms with van der Waals surface area (Å²) in [6.07, 6.45) is 1.91. The molecule has 2 aromatic carbocycles. The Balaban J connectivity index is 1.26. The van der Waals surface area contributed by atoms with Gasteiger partial charge >= 0.3 is 0 Å². The molecule has 2 aromatic heterocycles. The summed E-state index contributed by atoms with van der Waals surface area (Å²) in [6.45, 7) is 8.84. The Hall–Kier alpha value is -3.16. The Kier molecular flexibility index (Phi) is 6.18. The monoisotopic (exact) mass is 431 g/mol. The van der Waals surface area contributed by atoms with Gasteiger partial charge in [-0.15, -0.1) is 0 Å². The van der Waals surface area contributed by atoms with Crippen LogP contribution in [0, 0.1) is 0 Å². The maximum absolute atomic E-state index is 5.93. The van der Waals surface area contributed by atoms with E-state index in [2.05, 4.69) is 46.5 Å². The van der Waals surface area contributed by atoms with Crippen molar-refractivity contribution >= 4 is 27.6 Å². The number of fused-ring (bicyclic) bond motifs is 2. The van der Waals surface area contributed by atoms with Gasteiger partial charge in [0, 0.05) is 38.1 Å². The molecule has 0 unspecified atom stereocenters. The van der Waals surface area contributed by atoms with E-state index in [-0.39, 0.29) is 0 Å². The molecule has 0 atom stereocenters. The number of nitrogens with zero attached hydrogens (tertiary/aromatic N) is 4. The van der Waals surface area contributed by atoms with Gasteiger partial charge in [-0.3, -0.25) is 4.90 Å². The van der Waals surface area contributed by atoms with Crippen LogP contribution in [0.1, 0.15) is 12.5 Å². The van der Waals surface area contributed by atoms with Gasteiger partial charge in [0.25, 0.3) is 0 Å². The number of para-hydroxylation sites is 1. The summed E-state index contributed by atoms with van der Waals surface area (Å²) in [5.74, 6) is 0.906. The first-order chi connectivity index (χ1) is 15.8. The first kappa shape index (κ1) is 20.7. The largest absolute Gasteiger partial charge is 0.492 e. The average Bonchev–Trinajstić information content (AvgIpc) is 3.26. The normalized spacial score (nSPS) is 14.8. The number of hydrogen-bond donors (Lipinski definition) is 1. The van der Waals surface area contributed by atoms with Gasteiger partial charge < -0.3 is 14.8 Å². The lowest BCUT2D eigenvalue weighted by Gasteiger charge is -2.26. The highest BCUT2D eigenvalue weighted by molar-refractivity contribution is 6.06. The SMILES string of the molecule is CCn1ncc2c(NCc3ccc(OCCN4CCOCC4)cc3)c3ccccc3nc21. The fourth-order valence-corrected chi connectivity index (χ4v) is 4.15. The van der Waals surface area contributed by atoms with Gasteiger partial charge in [0.05, 0.1) is 36.0 Å². The molecule has 166 valence electrons. The van der Waals surface area contributed by atoms with Gasteiger partial charge in [0.15, 0.2) is 5.65 Å². The molecular formula is C25H29N5O2. The molecule has 1 N–H and O–H groups in total. The summed E-state index contributed by atoms with van der Waals surface area (Å²) < 4.78 is 13.3. The van der Waals surface area contributed by atoms with Gasteiger partial charge in [-0.2, -0.15) is 5.10 Å². The van der Waals surface area contributed by atoms with E-state index < -0.39 is 0 Å². The maximum Gasteiger partial charge on any atom is 0.160 e. The lowest BCUT2D eigenvalue weighted by atomic mass is 10.1. The highest BCUT2D eigenvalue weighted by Gasteiger charge is 2.13. The van der Waals surface area contributed by atoms with Crippen molar-refractivity contribution in [1.82, 2.24) is 19.7 Å². The Bertz CT molecular complexity index is 1180. The van der Waals surface area contributed by atoms with E-state index in [1.165, 1.54) is 5.56 Å². The van der Waals surface area contributed by atoms with Gasteiger partial charge in [-0.05, 0) is 30.7 Å². The number of aryl methyl sites for hydroxylation is 1. The third-order valence-electron chi connectivity index (χ3n) is 5.95. The molecule has 0 amide bonds. The molecule has 3 heterocycles. The number of hydrogen-bond acceptors (Lipinski definition) is 6. The van der Waals surface area contributed by atoms with Crippen molar-refractivity contribution in [3.63, 3.8) is 0 Å². The Morgan fingerprint density at radius 1 is 1.03 bits per heavy atom. The molecule has 7 heteroatoms. The smallest absolute Gasteiger partial charge is 0.160 e. The molecule has 5 rings (SSSR count). The number of ether oxygens (including phenoxy) is 2. The molecule has 0 radical (unpaired) electrons. The zero-order valence-electron chi connectivity index (χ0n) is 18.5. The highest BCUT2D eigenvalue weighted by Crippen LogP contribution is 2.31. The van der Waals surface area contributed by atoms with Gasteiger partial charge in [0.1, 0.15) is 12.4 Å². The van der Waals surface area contributed by atoms with E-state index >= 15 is 0 Å². The lowest BCUT2D eigenvalue weighted by Crippen LogP contribution is -2.38. The van der Waals surface area contributed by atoms with Crippen molar-refractivity contribution in [3.05, 3.63) is 60.3 Å². The van der Waals surface area contributed by atoms with Crippen LogP contribution in [0.15, 0.2) is 54.7 Å². The fourth-order valence-electron chi connectivity index (χ4n) is 4.15. The molecule has 0 bridgehead atoms. The fraction of sp³-hybridized carbons (Fsp3) is 0.360. The Morgan fingerprint density at radius 2 is 1.84 bits per heavy atom. The predicted molar refractivity (Wildman–Crippen MR) is 127 cm³/mol. The molecule has 1 fully saturated rings. The molecule has 4 aromatic rings. The molecule has 0 saturated carbocycles. The molecule has 1 aliphatic heterocycles. The zero-order chi connectivity index (χ0) is 21.8. The zero-order valence-corrected chi connectivity index (χ0v) is 18.5. The van der Waals surface area contributed by atoms with Crippen LogP contribution in [0.25, 0.3) is 21.9 Å². The van der Waals surface area contributed by atoms with Gasteiger partial charge in [-0.1, -0.05) is 30.3 Å². The molecule has 32 heavy (non-hydrogen) atoms. The van der Waals surface area contributed by atoms with Crippen molar-refractivity contribution in [2.75, 3.05) is 44.8 Å². The minimum Gasteiger partial charge on any atom is -0.492 e. The Labute approximate surface area is 187 Å². The molecule has 1 saturated heterocycles. The molecule has 0 spiro atoms. The number of aromatic nitrogens is 3. The molecule has 7 nitrogen and oxygen atoms in total. The quantitative estimate of drug-likeness (QED) is 0.456. The maximum atomic E-state index is 5.93. The second-order valence-electron chi connectivity index (χ2n) is 8.00. The predicted octanol–water partition coefficient (Wildman–Crippen LogP) is 3.93. The van der Waals surface area contributed by atoms with Crippen LogP contribution >= 0.6 is 0 Å². The average molecular weight is 432 g/mol. The van der Waals surface area contributed by atoms with E-state index in [1.54, 1.807) is 0 Å². The van der Waals surface area contributed by atoms with Crippen LogP contribution in [0.5, 0.6) is 5.75 Å².